The van der Waals surface area contributed by atoms with Crippen LogP contribution in [0.4, 0.5) is 0 Å². The third-order valence-electron chi connectivity index (χ3n) is 2.48. The fourth-order valence-electron chi connectivity index (χ4n) is 1.46. The Labute approximate surface area is 105 Å². The fraction of sp³-hybridized carbons (Fsp3) is 0.500. The molecule has 0 bridgehead atoms. The third kappa shape index (κ3) is 4.12. The largest absolute Gasteiger partial charge is 0.493 e. The molecule has 0 amide bonds. The van der Waals surface area contributed by atoms with Crippen LogP contribution in [0.5, 0.6) is 5.88 Å². The number of imidazole rings is 1. The molecular formula is C12H18N2O4. The van der Waals surface area contributed by atoms with E-state index in [4.69, 9.17) is 9.94 Å². The summed E-state index contributed by atoms with van der Waals surface area (Å²) < 4.78 is 0.648. The van der Waals surface area contributed by atoms with Gasteiger partial charge in [-0.05, 0) is 12.8 Å². The van der Waals surface area contributed by atoms with E-state index >= 15 is 0 Å². The molecular weight excluding hydrogens is 236 g/mol. The van der Waals surface area contributed by atoms with E-state index in [9.17, 15) is 9.59 Å². The molecule has 18 heavy (non-hydrogen) atoms. The van der Waals surface area contributed by atoms with Gasteiger partial charge in [0.2, 0.25) is 5.88 Å². The molecule has 0 unspecified atom stereocenters. The van der Waals surface area contributed by atoms with Gasteiger partial charge in [-0.1, -0.05) is 32.8 Å². The fourth-order valence-corrected chi connectivity index (χ4v) is 1.46. The lowest BCUT2D eigenvalue weighted by Crippen LogP contribution is -2.29. The molecule has 0 atom stereocenters. The van der Waals surface area contributed by atoms with Gasteiger partial charge in [0.25, 0.3) is 0 Å². The van der Waals surface area contributed by atoms with Gasteiger partial charge in [-0.3, -0.25) is 4.98 Å². The molecule has 2 N–H and O–H groups in total. The maximum Gasteiger partial charge on any atom is 0.361 e. The van der Waals surface area contributed by atoms with E-state index in [2.05, 4.69) is 18.5 Å². The van der Waals surface area contributed by atoms with Crippen molar-refractivity contribution in [3.63, 3.8) is 0 Å². The monoisotopic (exact) mass is 254 g/mol. The summed E-state index contributed by atoms with van der Waals surface area (Å²) in [7, 11) is 0. The van der Waals surface area contributed by atoms with Crippen molar-refractivity contribution in [1.29, 1.82) is 0 Å². The van der Waals surface area contributed by atoms with Gasteiger partial charge in [0.05, 0.1) is 0 Å². The van der Waals surface area contributed by atoms with Crippen molar-refractivity contribution in [1.82, 2.24) is 9.71 Å². The smallest absolute Gasteiger partial charge is 0.361 e. The standard InChI is InChI=1S/C12H18N2O4/c1-3-4-5-6-7-9(2)11(16)18-14-8-10(15)13-12(14)17/h8,15H,2-7H2,1H3,(H,13,17). The van der Waals surface area contributed by atoms with E-state index in [1.54, 1.807) is 0 Å². The molecule has 0 aromatic carbocycles. The Kier molecular flexibility index (Phi) is 5.23. The predicted molar refractivity (Wildman–Crippen MR) is 66.2 cm³/mol. The van der Waals surface area contributed by atoms with Crippen molar-refractivity contribution in [2.75, 3.05) is 0 Å². The van der Waals surface area contributed by atoms with Gasteiger partial charge in [0, 0.05) is 5.57 Å². The highest BCUT2D eigenvalue weighted by atomic mass is 16.7. The van der Waals surface area contributed by atoms with Crippen molar-refractivity contribution >= 4 is 5.97 Å². The zero-order valence-electron chi connectivity index (χ0n) is 10.4. The minimum absolute atomic E-state index is 0.318. The van der Waals surface area contributed by atoms with E-state index in [1.807, 2.05) is 0 Å². The third-order valence-corrected chi connectivity index (χ3v) is 2.48. The van der Waals surface area contributed by atoms with E-state index in [-0.39, 0.29) is 5.88 Å². The number of carbonyl (C=O) groups excluding carboxylic acids is 1. The van der Waals surface area contributed by atoms with E-state index in [1.165, 1.54) is 0 Å². The minimum Gasteiger partial charge on any atom is -0.493 e. The molecule has 0 aliphatic carbocycles. The molecule has 0 aliphatic rings. The molecule has 0 spiro atoms. The summed E-state index contributed by atoms with van der Waals surface area (Å²) in [6.07, 6.45) is 5.68. The number of aromatic hydroxyl groups is 1. The number of nitrogens with zero attached hydrogens (tertiary/aromatic N) is 1. The van der Waals surface area contributed by atoms with Crippen LogP contribution in [0, 0.1) is 0 Å². The quantitative estimate of drug-likeness (QED) is 0.568. The highest BCUT2D eigenvalue weighted by molar-refractivity contribution is 5.87. The molecule has 1 heterocycles. The van der Waals surface area contributed by atoms with E-state index in [0.29, 0.717) is 16.7 Å². The number of hydrogen-bond donors (Lipinski definition) is 2. The van der Waals surface area contributed by atoms with Crippen molar-refractivity contribution in [2.24, 2.45) is 0 Å². The first-order chi connectivity index (χ1) is 8.54. The number of carbonyl (C=O) groups is 1. The van der Waals surface area contributed by atoms with E-state index < -0.39 is 11.7 Å². The van der Waals surface area contributed by atoms with Crippen LogP contribution in [0.1, 0.15) is 39.0 Å². The van der Waals surface area contributed by atoms with Gasteiger partial charge < -0.3 is 9.94 Å². The molecule has 0 saturated carbocycles. The molecule has 0 aliphatic heterocycles. The Morgan fingerprint density at radius 3 is 2.78 bits per heavy atom. The average molecular weight is 254 g/mol. The minimum atomic E-state index is -0.709. The predicted octanol–water partition coefficient (Wildman–Crippen LogP) is 1.36. The molecule has 0 fully saturated rings. The number of aromatic amines is 1. The van der Waals surface area contributed by atoms with Crippen LogP contribution in [0.3, 0.4) is 0 Å². The second kappa shape index (κ2) is 6.68. The number of aromatic nitrogens is 2. The maximum atomic E-state index is 11.6. The zero-order chi connectivity index (χ0) is 13.5. The molecule has 0 saturated heterocycles. The number of nitrogens with one attached hydrogen (secondary N) is 1. The van der Waals surface area contributed by atoms with Crippen LogP contribution in [0.15, 0.2) is 23.1 Å². The van der Waals surface area contributed by atoms with Crippen LogP contribution in [-0.4, -0.2) is 20.8 Å². The van der Waals surface area contributed by atoms with Gasteiger partial charge in [-0.15, -0.1) is 4.73 Å². The normalized spacial score (nSPS) is 10.3. The van der Waals surface area contributed by atoms with Gasteiger partial charge in [0.1, 0.15) is 6.20 Å². The number of hydrogen-bond acceptors (Lipinski definition) is 4. The molecule has 100 valence electrons. The Balaban J connectivity index is 2.43. The highest BCUT2D eigenvalue weighted by Crippen LogP contribution is 2.09. The lowest BCUT2D eigenvalue weighted by Gasteiger charge is -2.05. The number of H-pyrrole nitrogens is 1. The van der Waals surface area contributed by atoms with E-state index in [0.717, 1.165) is 31.9 Å². The van der Waals surface area contributed by atoms with Gasteiger partial charge in [-0.25, -0.2) is 9.59 Å². The SMILES string of the molecule is C=C(CCCCCC)C(=O)On1cc(O)[nH]c1=O. The summed E-state index contributed by atoms with van der Waals surface area (Å²) in [5.74, 6) is -1.02. The van der Waals surface area contributed by atoms with Crippen LogP contribution in [-0.2, 0) is 4.79 Å². The Bertz CT molecular complexity index is 473. The Hall–Kier alpha value is -1.98. The summed E-state index contributed by atoms with van der Waals surface area (Å²) >= 11 is 0. The Morgan fingerprint density at radius 2 is 2.22 bits per heavy atom. The Morgan fingerprint density at radius 1 is 1.50 bits per heavy atom. The molecule has 1 aromatic heterocycles. The van der Waals surface area contributed by atoms with Crippen molar-refractivity contribution in [3.05, 3.63) is 28.8 Å². The van der Waals surface area contributed by atoms with Crippen molar-refractivity contribution in [2.45, 2.75) is 39.0 Å². The number of rotatable bonds is 7. The second-order valence-electron chi connectivity index (χ2n) is 4.06. The van der Waals surface area contributed by atoms with Gasteiger partial charge in [0.15, 0.2) is 0 Å². The van der Waals surface area contributed by atoms with Crippen molar-refractivity contribution in [3.8, 4) is 5.88 Å². The van der Waals surface area contributed by atoms with Crippen LogP contribution in [0.2, 0.25) is 0 Å². The molecule has 0 radical (unpaired) electrons. The first-order valence-corrected chi connectivity index (χ1v) is 5.95. The van der Waals surface area contributed by atoms with Gasteiger partial charge in [-0.2, -0.15) is 0 Å². The first kappa shape index (κ1) is 14.1. The average Bonchev–Trinajstić information content (AvgIpc) is 2.63. The summed E-state index contributed by atoms with van der Waals surface area (Å²) in [5, 5.41) is 9.00. The van der Waals surface area contributed by atoms with Crippen LogP contribution in [0.25, 0.3) is 0 Å². The maximum absolute atomic E-state index is 11.6. The summed E-state index contributed by atoms with van der Waals surface area (Å²) in [6.45, 7) is 5.73. The molecule has 6 heteroatoms. The van der Waals surface area contributed by atoms with Crippen LogP contribution < -0.4 is 10.5 Å². The topological polar surface area (TPSA) is 84.3 Å². The molecule has 1 rings (SSSR count). The molecule has 1 aromatic rings. The van der Waals surface area contributed by atoms with Crippen LogP contribution >= 0.6 is 0 Å². The summed E-state index contributed by atoms with van der Waals surface area (Å²) in [4.78, 5) is 29.5. The summed E-state index contributed by atoms with van der Waals surface area (Å²) in [5.41, 5.74) is -0.390. The zero-order valence-corrected chi connectivity index (χ0v) is 10.4. The molecule has 6 nitrogen and oxygen atoms in total. The highest BCUT2D eigenvalue weighted by Gasteiger charge is 2.12. The van der Waals surface area contributed by atoms with Gasteiger partial charge >= 0.3 is 11.7 Å². The van der Waals surface area contributed by atoms with Crippen molar-refractivity contribution < 1.29 is 14.7 Å². The summed E-state index contributed by atoms with van der Waals surface area (Å²) in [6, 6.07) is 0. The second-order valence-corrected chi connectivity index (χ2v) is 4.06. The lowest BCUT2D eigenvalue weighted by atomic mass is 10.1. The first-order valence-electron chi connectivity index (χ1n) is 5.95. The lowest BCUT2D eigenvalue weighted by molar-refractivity contribution is -0.140. The number of unbranched alkanes of at least 4 members (excludes halogenated alkanes) is 3.